The molecule has 0 heterocycles. The van der Waals surface area contributed by atoms with Gasteiger partial charge in [0.15, 0.2) is 11.5 Å². The number of benzene rings is 3. The van der Waals surface area contributed by atoms with Crippen LogP contribution >= 0.6 is 0 Å². The first-order valence-corrected chi connectivity index (χ1v) is 14.4. The van der Waals surface area contributed by atoms with E-state index in [0.717, 1.165) is 28.7 Å². The van der Waals surface area contributed by atoms with Crippen molar-refractivity contribution in [1.29, 1.82) is 0 Å². The fraction of sp³-hybridized carbons (Fsp3) is 0.412. The summed E-state index contributed by atoms with van der Waals surface area (Å²) < 4.78 is 11.5. The normalized spacial score (nSPS) is 12.3. The van der Waals surface area contributed by atoms with Gasteiger partial charge >= 0.3 is 0 Å². The Balaban J connectivity index is 1.91. The second kappa shape index (κ2) is 15.7. The second-order valence-corrected chi connectivity index (χ2v) is 10.2. The van der Waals surface area contributed by atoms with Gasteiger partial charge in [-0.2, -0.15) is 0 Å². The molecule has 0 bridgehead atoms. The molecule has 0 saturated carbocycles. The van der Waals surface area contributed by atoms with Crippen molar-refractivity contribution in [2.24, 2.45) is 0 Å². The zero-order valence-electron chi connectivity index (χ0n) is 24.6. The van der Waals surface area contributed by atoms with Gasteiger partial charge in [0.2, 0.25) is 11.8 Å². The van der Waals surface area contributed by atoms with Gasteiger partial charge in [0.1, 0.15) is 6.04 Å². The van der Waals surface area contributed by atoms with Crippen LogP contribution in [0.4, 0.5) is 0 Å². The summed E-state index contributed by atoms with van der Waals surface area (Å²) in [6, 6.07) is 23.2. The van der Waals surface area contributed by atoms with Crippen molar-refractivity contribution >= 4 is 11.8 Å². The minimum Gasteiger partial charge on any atom is -0.490 e. The number of hydrogen-bond donors (Lipinski definition) is 1. The Labute approximate surface area is 239 Å². The van der Waals surface area contributed by atoms with E-state index in [1.807, 2.05) is 101 Å². The zero-order valence-corrected chi connectivity index (χ0v) is 24.6. The van der Waals surface area contributed by atoms with E-state index in [2.05, 4.69) is 11.4 Å². The number of amides is 2. The quantitative estimate of drug-likeness (QED) is 0.245. The smallest absolute Gasteiger partial charge is 0.243 e. The van der Waals surface area contributed by atoms with Gasteiger partial charge in [0.05, 0.1) is 13.2 Å². The van der Waals surface area contributed by atoms with Crippen molar-refractivity contribution in [3.8, 4) is 11.5 Å². The van der Waals surface area contributed by atoms with Gasteiger partial charge in [-0.15, -0.1) is 0 Å². The lowest BCUT2D eigenvalue weighted by atomic mass is 10.0. The number of nitrogens with one attached hydrogen (secondary N) is 1. The van der Waals surface area contributed by atoms with Crippen LogP contribution in [0.5, 0.6) is 11.5 Å². The van der Waals surface area contributed by atoms with Crippen LogP contribution in [-0.4, -0.2) is 42.0 Å². The third-order valence-electron chi connectivity index (χ3n) is 6.94. The minimum atomic E-state index is -0.635. The fourth-order valence-corrected chi connectivity index (χ4v) is 4.65. The van der Waals surface area contributed by atoms with Crippen LogP contribution in [0.25, 0.3) is 0 Å². The molecule has 0 unspecified atom stereocenters. The number of ether oxygens (including phenoxy) is 2. The van der Waals surface area contributed by atoms with E-state index in [-0.39, 0.29) is 24.3 Å². The third kappa shape index (κ3) is 9.15. The summed E-state index contributed by atoms with van der Waals surface area (Å²) in [5.74, 6) is 1.19. The van der Waals surface area contributed by atoms with Crippen molar-refractivity contribution in [2.75, 3.05) is 13.2 Å². The number of hydrogen-bond acceptors (Lipinski definition) is 4. The highest BCUT2D eigenvalue weighted by atomic mass is 16.5. The molecular weight excluding hydrogens is 500 g/mol. The van der Waals surface area contributed by atoms with Gasteiger partial charge in [-0.1, -0.05) is 73.2 Å². The predicted molar refractivity (Wildman–Crippen MR) is 161 cm³/mol. The van der Waals surface area contributed by atoms with Gasteiger partial charge < -0.3 is 19.7 Å². The zero-order chi connectivity index (χ0) is 28.9. The number of aryl methyl sites for hydroxylation is 2. The first kappa shape index (κ1) is 30.7. The molecule has 0 aliphatic heterocycles. The maximum Gasteiger partial charge on any atom is 0.243 e. The molecule has 0 saturated heterocycles. The molecule has 3 aromatic rings. The molecule has 40 heavy (non-hydrogen) atoms. The Hall–Kier alpha value is -3.80. The molecule has 2 amide bonds. The van der Waals surface area contributed by atoms with Crippen molar-refractivity contribution in [2.45, 2.75) is 78.9 Å². The molecule has 0 radical (unpaired) electrons. The molecule has 214 valence electrons. The summed E-state index contributed by atoms with van der Waals surface area (Å²) >= 11 is 0. The van der Waals surface area contributed by atoms with E-state index in [1.54, 1.807) is 4.90 Å². The lowest BCUT2D eigenvalue weighted by Gasteiger charge is -2.32. The first-order valence-electron chi connectivity index (χ1n) is 14.4. The Morgan fingerprint density at radius 3 is 2.20 bits per heavy atom. The standard InChI is InChI=1S/C34H44N2O4/c1-6-26(5)35-34(38)30(22-27-14-10-9-11-15-27)36(24-29-16-12-13-25(4)21-29)33(37)20-18-28-17-19-31(39-7-2)32(23-28)40-8-3/h9-17,19,21,23,26,30H,6-8,18,20,22,24H2,1-5H3,(H,35,38)/t26-,30-/m0/s1. The summed E-state index contributed by atoms with van der Waals surface area (Å²) in [5.41, 5.74) is 4.12. The van der Waals surface area contributed by atoms with Crippen LogP contribution in [0.2, 0.25) is 0 Å². The Bertz CT molecular complexity index is 1230. The average molecular weight is 545 g/mol. The van der Waals surface area contributed by atoms with Crippen LogP contribution in [0.1, 0.15) is 62.8 Å². The Morgan fingerprint density at radius 1 is 0.825 bits per heavy atom. The molecule has 0 aliphatic rings. The van der Waals surface area contributed by atoms with Gasteiger partial charge in [-0.3, -0.25) is 9.59 Å². The van der Waals surface area contributed by atoms with Crippen molar-refractivity contribution in [3.63, 3.8) is 0 Å². The van der Waals surface area contributed by atoms with Gasteiger partial charge in [0.25, 0.3) is 0 Å². The largest absolute Gasteiger partial charge is 0.490 e. The predicted octanol–water partition coefficient (Wildman–Crippen LogP) is 6.28. The molecule has 2 atom stereocenters. The van der Waals surface area contributed by atoms with Crippen molar-refractivity contribution in [1.82, 2.24) is 10.2 Å². The van der Waals surface area contributed by atoms with Crippen molar-refractivity contribution in [3.05, 3.63) is 95.1 Å². The highest BCUT2D eigenvalue weighted by Crippen LogP contribution is 2.29. The number of rotatable bonds is 15. The maximum atomic E-state index is 14.0. The monoisotopic (exact) mass is 544 g/mol. The summed E-state index contributed by atoms with van der Waals surface area (Å²) in [6.45, 7) is 11.4. The molecule has 3 rings (SSSR count). The first-order chi connectivity index (χ1) is 19.3. The van der Waals surface area contributed by atoms with Gasteiger partial charge in [-0.25, -0.2) is 0 Å². The minimum absolute atomic E-state index is 0.0162. The summed E-state index contributed by atoms with van der Waals surface area (Å²) in [4.78, 5) is 29.4. The molecule has 3 aromatic carbocycles. The van der Waals surface area contributed by atoms with Gasteiger partial charge in [0, 0.05) is 25.4 Å². The molecule has 0 fully saturated rings. The lowest BCUT2D eigenvalue weighted by molar-refractivity contribution is -0.141. The van der Waals surface area contributed by atoms with E-state index in [4.69, 9.17) is 9.47 Å². The number of carbonyl (C=O) groups excluding carboxylic acids is 2. The highest BCUT2D eigenvalue weighted by Gasteiger charge is 2.30. The topological polar surface area (TPSA) is 67.9 Å². The number of carbonyl (C=O) groups is 2. The Kier molecular flexibility index (Phi) is 12.1. The second-order valence-electron chi connectivity index (χ2n) is 10.2. The molecule has 0 spiro atoms. The van der Waals surface area contributed by atoms with E-state index in [9.17, 15) is 9.59 Å². The lowest BCUT2D eigenvalue weighted by Crippen LogP contribution is -2.52. The average Bonchev–Trinajstić information content (AvgIpc) is 2.95. The summed E-state index contributed by atoms with van der Waals surface area (Å²) in [7, 11) is 0. The SMILES string of the molecule is CCOc1ccc(CCC(=O)N(Cc2cccc(C)c2)[C@@H](Cc2ccccc2)C(=O)N[C@@H](C)CC)cc1OCC. The number of nitrogens with zero attached hydrogens (tertiary/aromatic N) is 1. The van der Waals surface area contributed by atoms with Crippen LogP contribution in [0.3, 0.4) is 0 Å². The molecule has 1 N–H and O–H groups in total. The molecule has 0 aliphatic carbocycles. The summed E-state index contributed by atoms with van der Waals surface area (Å²) in [6.07, 6.45) is 2.06. The van der Waals surface area contributed by atoms with Crippen LogP contribution < -0.4 is 14.8 Å². The van der Waals surface area contributed by atoms with Crippen molar-refractivity contribution < 1.29 is 19.1 Å². The van der Waals surface area contributed by atoms with E-state index < -0.39 is 6.04 Å². The highest BCUT2D eigenvalue weighted by molar-refractivity contribution is 5.88. The van der Waals surface area contributed by atoms with Crippen LogP contribution in [-0.2, 0) is 29.0 Å². The third-order valence-corrected chi connectivity index (χ3v) is 6.94. The van der Waals surface area contributed by atoms with Crippen LogP contribution in [0, 0.1) is 6.92 Å². The molecule has 6 heteroatoms. The van der Waals surface area contributed by atoms with Crippen LogP contribution in [0.15, 0.2) is 72.8 Å². The van der Waals surface area contributed by atoms with E-state index in [0.29, 0.717) is 44.1 Å². The Morgan fingerprint density at radius 2 is 1.52 bits per heavy atom. The van der Waals surface area contributed by atoms with Gasteiger partial charge in [-0.05, 0) is 69.4 Å². The molecule has 6 nitrogen and oxygen atoms in total. The summed E-state index contributed by atoms with van der Waals surface area (Å²) in [5, 5.41) is 3.13. The fourth-order valence-electron chi connectivity index (χ4n) is 4.65. The van der Waals surface area contributed by atoms with E-state index in [1.165, 1.54) is 0 Å². The van der Waals surface area contributed by atoms with E-state index >= 15 is 0 Å². The molecule has 0 aromatic heterocycles. The maximum absolute atomic E-state index is 14.0. The molecular formula is C34H44N2O4.